The molecule has 0 bridgehead atoms. The molecule has 0 amide bonds. The van der Waals surface area contributed by atoms with E-state index in [-0.39, 0.29) is 0 Å². The molecule has 0 aliphatic carbocycles. The first kappa shape index (κ1) is 13.4. The van der Waals surface area contributed by atoms with Gasteiger partial charge in [0, 0.05) is 37.8 Å². The highest BCUT2D eigenvalue weighted by Gasteiger charge is 2.13. The monoisotopic (exact) mass is 261 g/mol. The third-order valence-electron chi connectivity index (χ3n) is 3.03. The second kappa shape index (κ2) is 5.32. The molecule has 19 heavy (non-hydrogen) atoms. The molecule has 2 aromatic rings. The highest BCUT2D eigenvalue weighted by Crippen LogP contribution is 2.35. The molecular formula is C14H19N3O2. The van der Waals surface area contributed by atoms with Crippen LogP contribution in [0.15, 0.2) is 18.2 Å². The van der Waals surface area contributed by atoms with Gasteiger partial charge >= 0.3 is 0 Å². The Hall–Kier alpha value is -2.01. The average molecular weight is 261 g/mol. The summed E-state index contributed by atoms with van der Waals surface area (Å²) in [5.41, 5.74) is 8.39. The fraction of sp³-hybridized carbons (Fsp3) is 0.357. The Bertz CT molecular complexity index is 597. The number of benzene rings is 1. The lowest BCUT2D eigenvalue weighted by molar-refractivity contribution is 0.397. The van der Waals surface area contributed by atoms with Gasteiger partial charge in [0.2, 0.25) is 0 Å². The first-order valence-corrected chi connectivity index (χ1v) is 6.03. The summed E-state index contributed by atoms with van der Waals surface area (Å²) in [5.74, 6) is 1.43. The van der Waals surface area contributed by atoms with Crippen molar-refractivity contribution in [3.63, 3.8) is 0 Å². The van der Waals surface area contributed by atoms with Gasteiger partial charge in [-0.15, -0.1) is 0 Å². The number of hydrogen-bond acceptors (Lipinski definition) is 5. The van der Waals surface area contributed by atoms with Gasteiger partial charge in [0.25, 0.3) is 0 Å². The lowest BCUT2D eigenvalue weighted by Gasteiger charge is -2.18. The van der Waals surface area contributed by atoms with Crippen LogP contribution in [0.25, 0.3) is 10.9 Å². The van der Waals surface area contributed by atoms with E-state index in [1.54, 1.807) is 14.2 Å². The van der Waals surface area contributed by atoms with Gasteiger partial charge in [0.05, 0.1) is 19.9 Å². The van der Waals surface area contributed by atoms with Crippen LogP contribution in [0.4, 0.5) is 5.69 Å². The smallest absolute Gasteiger partial charge is 0.148 e. The first-order chi connectivity index (χ1) is 9.10. The van der Waals surface area contributed by atoms with Gasteiger partial charge in [-0.3, -0.25) is 0 Å². The van der Waals surface area contributed by atoms with Crippen LogP contribution in [-0.2, 0) is 6.54 Å². The van der Waals surface area contributed by atoms with Crippen molar-refractivity contribution >= 4 is 16.6 Å². The molecule has 0 fully saturated rings. The Morgan fingerprint density at radius 1 is 1.16 bits per heavy atom. The molecule has 0 aliphatic heterocycles. The minimum Gasteiger partial charge on any atom is -0.497 e. The summed E-state index contributed by atoms with van der Waals surface area (Å²) in [5, 5.41) is 0.985. The number of hydrogen-bond donors (Lipinski definition) is 1. The maximum absolute atomic E-state index is 5.71. The predicted molar refractivity (Wildman–Crippen MR) is 77.1 cm³/mol. The second-order valence-corrected chi connectivity index (χ2v) is 4.46. The minimum atomic E-state index is 0.395. The summed E-state index contributed by atoms with van der Waals surface area (Å²) in [4.78, 5) is 6.58. The van der Waals surface area contributed by atoms with Crippen molar-refractivity contribution < 1.29 is 9.47 Å². The zero-order chi connectivity index (χ0) is 14.0. The van der Waals surface area contributed by atoms with Crippen molar-refractivity contribution in [2.24, 2.45) is 5.73 Å². The van der Waals surface area contributed by atoms with E-state index in [4.69, 9.17) is 15.2 Å². The summed E-state index contributed by atoms with van der Waals surface area (Å²) in [7, 11) is 7.24. The number of pyridine rings is 1. The van der Waals surface area contributed by atoms with E-state index >= 15 is 0 Å². The predicted octanol–water partition coefficient (Wildman–Crippen LogP) is 1.78. The van der Waals surface area contributed by atoms with Crippen LogP contribution in [0.3, 0.4) is 0 Å². The van der Waals surface area contributed by atoms with Crippen LogP contribution in [0.2, 0.25) is 0 Å². The number of anilines is 1. The fourth-order valence-electron chi connectivity index (χ4n) is 2.05. The number of ether oxygens (including phenoxy) is 2. The summed E-state index contributed by atoms with van der Waals surface area (Å²) in [6, 6.07) is 5.77. The molecule has 2 N–H and O–H groups in total. The minimum absolute atomic E-state index is 0.395. The van der Waals surface area contributed by atoms with Crippen LogP contribution in [0, 0.1) is 0 Å². The molecule has 102 valence electrons. The van der Waals surface area contributed by atoms with Gasteiger partial charge in [-0.1, -0.05) is 0 Å². The van der Waals surface area contributed by atoms with Crippen molar-refractivity contribution in [1.29, 1.82) is 0 Å². The molecule has 5 nitrogen and oxygen atoms in total. The second-order valence-electron chi connectivity index (χ2n) is 4.46. The summed E-state index contributed by atoms with van der Waals surface area (Å²) in [6.07, 6.45) is 0. The number of nitrogens with zero attached hydrogens (tertiary/aromatic N) is 2. The standard InChI is InChI=1S/C14H19N3O2/c1-17(2)12-5-9(8-15)16-14-11(12)6-10(18-3)7-13(14)19-4/h5-7H,8,15H2,1-4H3. The summed E-state index contributed by atoms with van der Waals surface area (Å²) in [6.45, 7) is 0.395. The molecule has 1 aromatic heterocycles. The molecule has 0 unspecified atom stereocenters. The van der Waals surface area contributed by atoms with Crippen LogP contribution in [0.5, 0.6) is 11.5 Å². The highest BCUT2D eigenvalue weighted by atomic mass is 16.5. The van der Waals surface area contributed by atoms with Crippen LogP contribution in [0.1, 0.15) is 5.69 Å². The van der Waals surface area contributed by atoms with Gasteiger partial charge in [-0.2, -0.15) is 0 Å². The number of methoxy groups -OCH3 is 2. The largest absolute Gasteiger partial charge is 0.497 e. The molecule has 2 rings (SSSR count). The van der Waals surface area contributed by atoms with Crippen LogP contribution in [-0.4, -0.2) is 33.3 Å². The van der Waals surface area contributed by atoms with Gasteiger partial charge in [0.1, 0.15) is 17.0 Å². The van der Waals surface area contributed by atoms with E-state index in [9.17, 15) is 0 Å². The third kappa shape index (κ3) is 2.42. The van der Waals surface area contributed by atoms with E-state index < -0.39 is 0 Å². The topological polar surface area (TPSA) is 60.6 Å². The van der Waals surface area contributed by atoms with Crippen molar-refractivity contribution in [2.75, 3.05) is 33.2 Å². The van der Waals surface area contributed by atoms with Gasteiger partial charge < -0.3 is 20.1 Å². The maximum atomic E-state index is 5.71. The number of rotatable bonds is 4. The molecule has 0 saturated carbocycles. The molecule has 0 atom stereocenters. The Balaban J connectivity index is 2.83. The zero-order valence-corrected chi connectivity index (χ0v) is 11.7. The highest BCUT2D eigenvalue weighted by molar-refractivity contribution is 5.96. The Morgan fingerprint density at radius 3 is 2.42 bits per heavy atom. The van der Waals surface area contributed by atoms with E-state index in [1.807, 2.05) is 37.2 Å². The molecule has 1 heterocycles. The normalized spacial score (nSPS) is 10.6. The van der Waals surface area contributed by atoms with E-state index in [2.05, 4.69) is 4.98 Å². The number of fused-ring (bicyclic) bond motifs is 1. The van der Waals surface area contributed by atoms with Crippen molar-refractivity contribution in [1.82, 2.24) is 4.98 Å². The fourth-order valence-corrected chi connectivity index (χ4v) is 2.05. The molecule has 5 heteroatoms. The van der Waals surface area contributed by atoms with Gasteiger partial charge in [-0.25, -0.2) is 4.98 Å². The van der Waals surface area contributed by atoms with Crippen molar-refractivity contribution in [2.45, 2.75) is 6.54 Å². The van der Waals surface area contributed by atoms with E-state index in [0.717, 1.165) is 28.0 Å². The average Bonchev–Trinajstić information content (AvgIpc) is 2.44. The number of nitrogens with two attached hydrogens (primary N) is 1. The maximum Gasteiger partial charge on any atom is 0.148 e. The lowest BCUT2D eigenvalue weighted by atomic mass is 10.1. The first-order valence-electron chi connectivity index (χ1n) is 6.03. The Morgan fingerprint density at radius 2 is 1.89 bits per heavy atom. The molecule has 1 aromatic carbocycles. The number of aromatic nitrogens is 1. The lowest BCUT2D eigenvalue weighted by Crippen LogP contribution is -2.11. The third-order valence-corrected chi connectivity index (χ3v) is 3.03. The van der Waals surface area contributed by atoms with Crippen LogP contribution >= 0.6 is 0 Å². The quantitative estimate of drug-likeness (QED) is 0.909. The van der Waals surface area contributed by atoms with Crippen molar-refractivity contribution in [3.05, 3.63) is 23.9 Å². The van der Waals surface area contributed by atoms with Gasteiger partial charge in [0.15, 0.2) is 0 Å². The van der Waals surface area contributed by atoms with Crippen LogP contribution < -0.4 is 20.1 Å². The van der Waals surface area contributed by atoms with Gasteiger partial charge in [-0.05, 0) is 12.1 Å². The SMILES string of the molecule is COc1cc(OC)c2nc(CN)cc(N(C)C)c2c1. The van der Waals surface area contributed by atoms with Crippen molar-refractivity contribution in [3.8, 4) is 11.5 Å². The molecule has 0 radical (unpaired) electrons. The molecule has 0 aliphatic rings. The zero-order valence-electron chi connectivity index (χ0n) is 11.7. The Kier molecular flexibility index (Phi) is 3.76. The Labute approximate surface area is 112 Å². The molecular weight excluding hydrogens is 242 g/mol. The summed E-state index contributed by atoms with van der Waals surface area (Å²) >= 11 is 0. The molecule has 0 spiro atoms. The molecule has 0 saturated heterocycles. The van der Waals surface area contributed by atoms with E-state index in [1.165, 1.54) is 0 Å². The van der Waals surface area contributed by atoms with E-state index in [0.29, 0.717) is 12.3 Å². The summed E-state index contributed by atoms with van der Waals surface area (Å²) < 4.78 is 10.7.